The highest BCUT2D eigenvalue weighted by Crippen LogP contribution is 2.35. The van der Waals surface area contributed by atoms with Gasteiger partial charge in [-0.25, -0.2) is 0 Å². The van der Waals surface area contributed by atoms with E-state index in [9.17, 15) is 4.79 Å². The number of ketones is 1. The molecule has 1 heterocycles. The second kappa shape index (κ2) is 3.06. The Hall–Kier alpha value is -1.42. The van der Waals surface area contributed by atoms with E-state index in [0.29, 0.717) is 11.3 Å². The van der Waals surface area contributed by atoms with Gasteiger partial charge < -0.3 is 10.5 Å². The molecule has 0 aliphatic heterocycles. The van der Waals surface area contributed by atoms with Crippen LogP contribution in [-0.2, 0) is 0 Å². The number of aromatic nitrogens is 1. The lowest BCUT2D eigenvalue weighted by atomic mass is 10.1. The summed E-state index contributed by atoms with van der Waals surface area (Å²) in [6.45, 7) is 0. The molecule has 1 fully saturated rings. The van der Waals surface area contributed by atoms with Crippen LogP contribution in [0.5, 0.6) is 5.75 Å². The van der Waals surface area contributed by atoms with Crippen molar-refractivity contribution in [2.45, 2.75) is 18.4 Å². The van der Waals surface area contributed by atoms with Crippen LogP contribution < -0.4 is 10.5 Å². The summed E-state index contributed by atoms with van der Waals surface area (Å²) in [6, 6.07) is 1.67. The van der Waals surface area contributed by atoms with Crippen LogP contribution in [0.3, 0.4) is 0 Å². The maximum atomic E-state index is 11.8. The summed E-state index contributed by atoms with van der Waals surface area (Å²) in [5.74, 6) is 0.545. The predicted molar refractivity (Wildman–Crippen MR) is 51.3 cm³/mol. The number of ether oxygens (including phenoxy) is 1. The summed E-state index contributed by atoms with van der Waals surface area (Å²) in [7, 11) is 1.54. The molecule has 4 nitrogen and oxygen atoms in total. The minimum Gasteiger partial charge on any atom is -0.495 e. The number of carbonyl (C=O) groups excluding carboxylic acids is 1. The molecule has 1 aliphatic rings. The van der Waals surface area contributed by atoms with Crippen molar-refractivity contribution in [3.63, 3.8) is 0 Å². The largest absolute Gasteiger partial charge is 0.495 e. The van der Waals surface area contributed by atoms with E-state index in [1.165, 1.54) is 6.20 Å². The molecule has 14 heavy (non-hydrogen) atoms. The second-order valence-corrected chi connectivity index (χ2v) is 3.60. The zero-order chi connectivity index (χ0) is 10.2. The monoisotopic (exact) mass is 192 g/mol. The van der Waals surface area contributed by atoms with Crippen molar-refractivity contribution < 1.29 is 9.53 Å². The van der Waals surface area contributed by atoms with Gasteiger partial charge in [0.2, 0.25) is 0 Å². The van der Waals surface area contributed by atoms with Gasteiger partial charge in [-0.05, 0) is 18.9 Å². The highest BCUT2D eigenvalue weighted by molar-refractivity contribution is 6.05. The van der Waals surface area contributed by atoms with Gasteiger partial charge in [0, 0.05) is 11.8 Å². The minimum absolute atomic E-state index is 0.0381. The Bertz CT molecular complexity index is 372. The minimum atomic E-state index is -0.631. The van der Waals surface area contributed by atoms with Gasteiger partial charge in [0.1, 0.15) is 5.75 Å². The van der Waals surface area contributed by atoms with Crippen LogP contribution in [-0.4, -0.2) is 23.4 Å². The molecule has 74 valence electrons. The molecule has 4 heteroatoms. The Morgan fingerprint density at radius 3 is 2.86 bits per heavy atom. The highest BCUT2D eigenvalue weighted by Gasteiger charge is 2.46. The third-order valence-corrected chi connectivity index (χ3v) is 2.45. The van der Waals surface area contributed by atoms with Crippen molar-refractivity contribution in [3.05, 3.63) is 24.0 Å². The average molecular weight is 192 g/mol. The van der Waals surface area contributed by atoms with Crippen molar-refractivity contribution in [2.24, 2.45) is 5.73 Å². The molecule has 2 N–H and O–H groups in total. The lowest BCUT2D eigenvalue weighted by molar-refractivity contribution is 0.0948. The Kier molecular flexibility index (Phi) is 2.00. The first-order valence-electron chi connectivity index (χ1n) is 4.48. The smallest absolute Gasteiger partial charge is 0.184 e. The third-order valence-electron chi connectivity index (χ3n) is 2.45. The highest BCUT2D eigenvalue weighted by atomic mass is 16.5. The van der Waals surface area contributed by atoms with E-state index in [4.69, 9.17) is 10.5 Å². The SMILES string of the molecule is COc1cncc(C(=O)C2(N)CC2)c1. The number of hydrogen-bond donors (Lipinski definition) is 1. The Labute approximate surface area is 82.1 Å². The molecule has 1 aromatic rings. The van der Waals surface area contributed by atoms with Crippen LogP contribution in [0, 0.1) is 0 Å². The number of nitrogens with two attached hydrogens (primary N) is 1. The van der Waals surface area contributed by atoms with Gasteiger partial charge in [0.05, 0.1) is 18.8 Å². The molecule has 0 saturated heterocycles. The van der Waals surface area contributed by atoms with Gasteiger partial charge in [-0.3, -0.25) is 9.78 Å². The number of hydrogen-bond acceptors (Lipinski definition) is 4. The summed E-state index contributed by atoms with van der Waals surface area (Å²) >= 11 is 0. The van der Waals surface area contributed by atoms with Gasteiger partial charge in [0.25, 0.3) is 0 Å². The molecule has 1 aliphatic carbocycles. The molecule has 0 spiro atoms. The first-order chi connectivity index (χ1) is 6.65. The van der Waals surface area contributed by atoms with Gasteiger partial charge >= 0.3 is 0 Å². The van der Waals surface area contributed by atoms with E-state index in [1.807, 2.05) is 0 Å². The summed E-state index contributed by atoms with van der Waals surface area (Å²) in [5, 5.41) is 0. The molecule has 0 bridgehead atoms. The first-order valence-corrected chi connectivity index (χ1v) is 4.48. The fourth-order valence-electron chi connectivity index (χ4n) is 1.30. The number of pyridine rings is 1. The number of nitrogens with zero attached hydrogens (tertiary/aromatic N) is 1. The standard InChI is InChI=1S/C10H12N2O2/c1-14-8-4-7(5-12-6-8)9(13)10(11)2-3-10/h4-6H,2-3,11H2,1H3. The Balaban J connectivity index is 2.27. The van der Waals surface area contributed by atoms with E-state index in [0.717, 1.165) is 12.8 Å². The van der Waals surface area contributed by atoms with Crippen molar-refractivity contribution >= 4 is 5.78 Å². The van der Waals surface area contributed by atoms with Crippen LogP contribution in [0.2, 0.25) is 0 Å². The first kappa shape index (κ1) is 9.15. The Morgan fingerprint density at radius 1 is 1.57 bits per heavy atom. The lowest BCUT2D eigenvalue weighted by Crippen LogP contribution is -2.32. The normalized spacial score (nSPS) is 17.6. The molecule has 1 saturated carbocycles. The van der Waals surface area contributed by atoms with E-state index >= 15 is 0 Å². The van der Waals surface area contributed by atoms with Crippen molar-refractivity contribution in [2.75, 3.05) is 7.11 Å². The molecule has 1 aromatic heterocycles. The molecular weight excluding hydrogens is 180 g/mol. The van der Waals surface area contributed by atoms with Crippen molar-refractivity contribution in [1.29, 1.82) is 0 Å². The van der Waals surface area contributed by atoms with E-state index in [2.05, 4.69) is 4.98 Å². The summed E-state index contributed by atoms with van der Waals surface area (Å²) in [4.78, 5) is 15.7. The second-order valence-electron chi connectivity index (χ2n) is 3.60. The van der Waals surface area contributed by atoms with Crippen LogP contribution in [0.4, 0.5) is 0 Å². The van der Waals surface area contributed by atoms with Crippen LogP contribution >= 0.6 is 0 Å². The zero-order valence-corrected chi connectivity index (χ0v) is 7.99. The summed E-state index contributed by atoms with van der Waals surface area (Å²) < 4.78 is 4.98. The fraction of sp³-hybridized carbons (Fsp3) is 0.400. The van der Waals surface area contributed by atoms with Crippen LogP contribution in [0.15, 0.2) is 18.5 Å². The molecule has 0 unspecified atom stereocenters. The fourth-order valence-corrected chi connectivity index (χ4v) is 1.30. The molecule has 0 aromatic carbocycles. The summed E-state index contributed by atoms with van der Waals surface area (Å²) in [6.07, 6.45) is 4.62. The quantitative estimate of drug-likeness (QED) is 0.718. The van der Waals surface area contributed by atoms with Gasteiger partial charge in [0.15, 0.2) is 5.78 Å². The van der Waals surface area contributed by atoms with E-state index in [1.54, 1.807) is 19.4 Å². The van der Waals surface area contributed by atoms with Crippen molar-refractivity contribution in [3.8, 4) is 5.75 Å². The summed E-state index contributed by atoms with van der Waals surface area (Å²) in [5.41, 5.74) is 5.70. The van der Waals surface area contributed by atoms with Crippen LogP contribution in [0.25, 0.3) is 0 Å². The van der Waals surface area contributed by atoms with E-state index in [-0.39, 0.29) is 5.78 Å². The van der Waals surface area contributed by atoms with Crippen molar-refractivity contribution in [1.82, 2.24) is 4.98 Å². The van der Waals surface area contributed by atoms with E-state index < -0.39 is 5.54 Å². The van der Waals surface area contributed by atoms with Gasteiger partial charge in [-0.1, -0.05) is 0 Å². The number of rotatable bonds is 3. The average Bonchev–Trinajstić information content (AvgIpc) is 2.97. The van der Waals surface area contributed by atoms with Gasteiger partial charge in [-0.2, -0.15) is 0 Å². The topological polar surface area (TPSA) is 65.2 Å². The molecule has 0 atom stereocenters. The zero-order valence-electron chi connectivity index (χ0n) is 7.99. The molecular formula is C10H12N2O2. The molecule has 0 amide bonds. The maximum absolute atomic E-state index is 11.8. The Morgan fingerprint density at radius 2 is 2.29 bits per heavy atom. The predicted octanol–water partition coefficient (Wildman–Crippen LogP) is 0.764. The number of methoxy groups -OCH3 is 1. The number of Topliss-reactive ketones (excluding diaryl/α,β-unsaturated/α-hetero) is 1. The molecule has 0 radical (unpaired) electrons. The maximum Gasteiger partial charge on any atom is 0.184 e. The molecule has 2 rings (SSSR count). The van der Waals surface area contributed by atoms with Crippen LogP contribution in [0.1, 0.15) is 23.2 Å². The third kappa shape index (κ3) is 1.48. The number of carbonyl (C=O) groups is 1. The lowest BCUT2D eigenvalue weighted by Gasteiger charge is -2.07. The van der Waals surface area contributed by atoms with Gasteiger partial charge in [-0.15, -0.1) is 0 Å².